The second-order valence-electron chi connectivity index (χ2n) is 6.21. The summed E-state index contributed by atoms with van der Waals surface area (Å²) in [4.78, 5) is 23.8. The highest BCUT2D eigenvalue weighted by molar-refractivity contribution is 7.99. The first kappa shape index (κ1) is 20.2. The van der Waals surface area contributed by atoms with E-state index in [1.54, 1.807) is 25.1 Å². The molecule has 3 rings (SSSR count). The molecule has 1 aliphatic carbocycles. The molecule has 8 heteroatoms. The van der Waals surface area contributed by atoms with E-state index >= 15 is 0 Å². The fourth-order valence-corrected chi connectivity index (χ4v) is 4.07. The molecule has 0 heterocycles. The van der Waals surface area contributed by atoms with Crippen LogP contribution in [0.5, 0.6) is 0 Å². The van der Waals surface area contributed by atoms with Crippen molar-refractivity contribution < 1.29 is 19.6 Å². The van der Waals surface area contributed by atoms with Gasteiger partial charge in [0, 0.05) is 21.5 Å². The van der Waals surface area contributed by atoms with E-state index in [-0.39, 0.29) is 23.6 Å². The van der Waals surface area contributed by atoms with Gasteiger partial charge in [-0.2, -0.15) is 0 Å². The maximum absolute atomic E-state index is 11.9. The topological polar surface area (TPSA) is 89.7 Å². The van der Waals surface area contributed by atoms with E-state index in [1.165, 1.54) is 18.2 Å². The van der Waals surface area contributed by atoms with Crippen LogP contribution >= 0.6 is 23.4 Å². The van der Waals surface area contributed by atoms with Gasteiger partial charge >= 0.3 is 5.97 Å². The predicted molar refractivity (Wildman–Crippen MR) is 108 cm³/mol. The van der Waals surface area contributed by atoms with Crippen LogP contribution in [0.1, 0.15) is 42.1 Å². The Labute approximate surface area is 171 Å². The normalized spacial score (nSPS) is 13.0. The number of nitro groups is 1. The van der Waals surface area contributed by atoms with Gasteiger partial charge in [0.1, 0.15) is 5.76 Å². The van der Waals surface area contributed by atoms with Gasteiger partial charge in [-0.15, -0.1) is 0 Å². The van der Waals surface area contributed by atoms with Crippen molar-refractivity contribution in [1.29, 1.82) is 0 Å². The molecule has 0 aliphatic heterocycles. The number of hydrogen-bond acceptors (Lipinski definition) is 6. The minimum absolute atomic E-state index is 0.114. The molecule has 6 nitrogen and oxygen atoms in total. The lowest BCUT2D eigenvalue weighted by Crippen LogP contribution is -2.05. The number of carbonyl (C=O) groups excluding carboxylic acids is 1. The molecule has 0 bridgehead atoms. The molecule has 0 aromatic heterocycles. The molecule has 0 amide bonds. The Morgan fingerprint density at radius 1 is 1.25 bits per heavy atom. The average Bonchev–Trinajstić information content (AvgIpc) is 2.60. The number of nitrogens with zero attached hydrogens (tertiary/aromatic N) is 1. The lowest BCUT2D eigenvalue weighted by molar-refractivity contribution is -0.387. The number of halogens is 1. The summed E-state index contributed by atoms with van der Waals surface area (Å²) >= 11 is 7.24. The maximum atomic E-state index is 11.9. The summed E-state index contributed by atoms with van der Waals surface area (Å²) in [5.41, 5.74) is 1.46. The monoisotopic (exact) mass is 419 g/mol. The van der Waals surface area contributed by atoms with Gasteiger partial charge in [-0.05, 0) is 62.1 Å². The Balaban J connectivity index is 2.01. The highest BCUT2D eigenvalue weighted by Gasteiger charge is 2.22. The Morgan fingerprint density at radius 3 is 2.61 bits per heavy atom. The number of ether oxygens (including phenoxy) is 1. The fraction of sp³-hybridized carbons (Fsp3) is 0.250. The van der Waals surface area contributed by atoms with Crippen molar-refractivity contribution >= 4 is 40.8 Å². The van der Waals surface area contributed by atoms with Gasteiger partial charge in [0.15, 0.2) is 0 Å². The van der Waals surface area contributed by atoms with E-state index in [1.807, 2.05) is 0 Å². The van der Waals surface area contributed by atoms with Gasteiger partial charge in [0.2, 0.25) is 0 Å². The summed E-state index contributed by atoms with van der Waals surface area (Å²) in [6.45, 7) is 1.85. The van der Waals surface area contributed by atoms with E-state index in [0.29, 0.717) is 20.4 Å². The number of benzene rings is 2. The molecule has 146 valence electrons. The molecule has 1 aliphatic rings. The summed E-state index contributed by atoms with van der Waals surface area (Å²) in [6.07, 6.45) is 2.72. The number of allylic oxidation sites excluding steroid dienone is 1. The van der Waals surface area contributed by atoms with Gasteiger partial charge < -0.3 is 9.84 Å². The van der Waals surface area contributed by atoms with Gasteiger partial charge in [-0.25, -0.2) is 4.79 Å². The van der Waals surface area contributed by atoms with Crippen molar-refractivity contribution in [2.75, 3.05) is 6.61 Å². The highest BCUT2D eigenvalue weighted by Crippen LogP contribution is 2.42. The first-order valence-corrected chi connectivity index (χ1v) is 9.94. The lowest BCUT2D eigenvalue weighted by atomic mass is 9.89. The number of rotatable bonds is 6. The third kappa shape index (κ3) is 4.31. The second kappa shape index (κ2) is 8.67. The summed E-state index contributed by atoms with van der Waals surface area (Å²) in [6, 6.07) is 9.25. The molecular formula is C20H18ClNO5S. The first-order chi connectivity index (χ1) is 13.4. The zero-order valence-corrected chi connectivity index (χ0v) is 16.7. The molecule has 0 radical (unpaired) electrons. The molecule has 2 aromatic rings. The van der Waals surface area contributed by atoms with Crippen LogP contribution in [-0.4, -0.2) is 22.6 Å². The number of hydrogen-bond donors (Lipinski definition) is 1. The summed E-state index contributed by atoms with van der Waals surface area (Å²) in [5, 5.41) is 22.6. The molecule has 1 saturated carbocycles. The van der Waals surface area contributed by atoms with Crippen LogP contribution in [0.25, 0.3) is 5.76 Å². The zero-order chi connectivity index (χ0) is 20.3. The molecule has 1 N–H and O–H groups in total. The standard InChI is InChI=1S/C20H18ClNO5S/c1-2-27-20(24)13-6-9-17(16(10-13)22(25)26)28-18-11-14(21)7-8-15(18)19(23)12-4-3-5-12/h6-11,23H,2-5H2,1H3. The summed E-state index contributed by atoms with van der Waals surface area (Å²) < 4.78 is 4.91. The van der Waals surface area contributed by atoms with Crippen molar-refractivity contribution in [3.8, 4) is 0 Å². The lowest BCUT2D eigenvalue weighted by Gasteiger charge is -2.20. The van der Waals surface area contributed by atoms with Crippen LogP contribution < -0.4 is 0 Å². The van der Waals surface area contributed by atoms with Crippen molar-refractivity contribution in [3.05, 3.63) is 68.2 Å². The number of esters is 1. The Morgan fingerprint density at radius 2 is 2.00 bits per heavy atom. The summed E-state index contributed by atoms with van der Waals surface area (Å²) in [7, 11) is 0. The van der Waals surface area contributed by atoms with Crippen LogP contribution in [-0.2, 0) is 4.74 Å². The van der Waals surface area contributed by atoms with Crippen molar-refractivity contribution in [3.63, 3.8) is 0 Å². The molecule has 2 aromatic carbocycles. The fourth-order valence-electron chi connectivity index (χ4n) is 2.76. The van der Waals surface area contributed by atoms with Crippen LogP contribution in [0.2, 0.25) is 5.02 Å². The molecule has 0 unspecified atom stereocenters. The van der Waals surface area contributed by atoms with Crippen LogP contribution in [0.15, 0.2) is 51.8 Å². The predicted octanol–water partition coefficient (Wildman–Crippen LogP) is 6.03. The van der Waals surface area contributed by atoms with Crippen LogP contribution in [0.3, 0.4) is 0 Å². The molecular weight excluding hydrogens is 402 g/mol. The Bertz CT molecular complexity index is 967. The Kier molecular flexibility index (Phi) is 6.26. The zero-order valence-electron chi connectivity index (χ0n) is 15.1. The third-order valence-electron chi connectivity index (χ3n) is 4.38. The van der Waals surface area contributed by atoms with Gasteiger partial charge in [0.25, 0.3) is 5.69 Å². The average molecular weight is 420 g/mol. The Hall–Kier alpha value is -2.51. The molecule has 1 fully saturated rings. The minimum Gasteiger partial charge on any atom is -0.507 e. The van der Waals surface area contributed by atoms with Gasteiger partial charge in [-0.1, -0.05) is 23.4 Å². The van der Waals surface area contributed by atoms with Gasteiger partial charge in [0.05, 0.1) is 22.0 Å². The number of aliphatic hydroxyl groups excluding tert-OH is 1. The molecule has 0 saturated heterocycles. The SMILES string of the molecule is CCOC(=O)c1ccc(Sc2cc(Cl)ccc2C(O)=C2CCC2)c([N+](=O)[O-])c1. The van der Waals surface area contributed by atoms with E-state index in [2.05, 4.69) is 0 Å². The second-order valence-corrected chi connectivity index (χ2v) is 7.73. The largest absolute Gasteiger partial charge is 0.507 e. The van der Waals surface area contributed by atoms with E-state index in [4.69, 9.17) is 16.3 Å². The van der Waals surface area contributed by atoms with E-state index in [0.717, 1.165) is 36.6 Å². The molecule has 28 heavy (non-hydrogen) atoms. The smallest absolute Gasteiger partial charge is 0.338 e. The van der Waals surface area contributed by atoms with Crippen LogP contribution in [0.4, 0.5) is 5.69 Å². The van der Waals surface area contributed by atoms with Crippen molar-refractivity contribution in [1.82, 2.24) is 0 Å². The van der Waals surface area contributed by atoms with Crippen molar-refractivity contribution in [2.24, 2.45) is 0 Å². The maximum Gasteiger partial charge on any atom is 0.338 e. The van der Waals surface area contributed by atoms with E-state index in [9.17, 15) is 20.0 Å². The summed E-state index contributed by atoms with van der Waals surface area (Å²) in [5.74, 6) is -0.408. The number of nitro benzene ring substituents is 1. The number of carbonyl (C=O) groups is 1. The van der Waals surface area contributed by atoms with Crippen molar-refractivity contribution in [2.45, 2.75) is 36.0 Å². The quantitative estimate of drug-likeness (QED) is 0.266. The highest BCUT2D eigenvalue weighted by atomic mass is 35.5. The van der Waals surface area contributed by atoms with Gasteiger partial charge in [-0.3, -0.25) is 10.1 Å². The third-order valence-corrected chi connectivity index (χ3v) is 5.74. The number of aliphatic hydroxyl groups is 1. The minimum atomic E-state index is -0.613. The first-order valence-electron chi connectivity index (χ1n) is 8.75. The molecule has 0 atom stereocenters. The van der Waals surface area contributed by atoms with E-state index < -0.39 is 10.9 Å². The molecule has 0 spiro atoms. The van der Waals surface area contributed by atoms with Crippen LogP contribution in [0, 0.1) is 10.1 Å².